The van der Waals surface area contributed by atoms with Crippen molar-refractivity contribution >= 4 is 23.3 Å². The molecule has 0 fully saturated rings. The minimum atomic E-state index is -1.00. The highest BCUT2D eigenvalue weighted by Gasteiger charge is 2.13. The van der Waals surface area contributed by atoms with Crippen molar-refractivity contribution in [1.29, 1.82) is 0 Å². The summed E-state index contributed by atoms with van der Waals surface area (Å²) in [5.41, 5.74) is 1.97. The molecule has 4 nitrogen and oxygen atoms in total. The lowest BCUT2D eigenvalue weighted by Crippen LogP contribution is -2.05. The number of hydrogen-bond acceptors (Lipinski definition) is 3. The van der Waals surface area contributed by atoms with E-state index in [1.807, 2.05) is 25.1 Å². The van der Waals surface area contributed by atoms with Gasteiger partial charge in [-0.2, -0.15) is 0 Å². The van der Waals surface area contributed by atoms with E-state index in [0.717, 1.165) is 11.3 Å². The Hall–Kier alpha value is -1.94. The van der Waals surface area contributed by atoms with Gasteiger partial charge in [0.2, 0.25) is 0 Å². The van der Waals surface area contributed by atoms with Gasteiger partial charge in [0, 0.05) is 0 Å². The molecule has 0 aliphatic rings. The van der Waals surface area contributed by atoms with E-state index in [1.165, 1.54) is 12.3 Å². The molecule has 1 aromatic heterocycles. The number of nitrogens with one attached hydrogen (secondary N) is 1. The summed E-state index contributed by atoms with van der Waals surface area (Å²) >= 11 is 6.06. The molecule has 0 saturated heterocycles. The number of carboxylic acids is 1. The Morgan fingerprint density at radius 3 is 2.89 bits per heavy atom. The highest BCUT2D eigenvalue weighted by Crippen LogP contribution is 2.23. The third kappa shape index (κ3) is 2.65. The number of halogens is 1. The van der Waals surface area contributed by atoms with E-state index in [1.54, 1.807) is 0 Å². The molecule has 0 bridgehead atoms. The van der Waals surface area contributed by atoms with E-state index in [4.69, 9.17) is 21.1 Å². The predicted molar refractivity (Wildman–Crippen MR) is 69.2 cm³/mol. The van der Waals surface area contributed by atoms with Gasteiger partial charge in [-0.05, 0) is 30.7 Å². The molecule has 94 valence electrons. The van der Waals surface area contributed by atoms with Crippen molar-refractivity contribution in [2.24, 2.45) is 0 Å². The molecule has 0 radical (unpaired) electrons. The van der Waals surface area contributed by atoms with Crippen molar-refractivity contribution in [1.82, 2.24) is 0 Å². The first-order valence-corrected chi connectivity index (χ1v) is 5.75. The lowest BCUT2D eigenvalue weighted by atomic mass is 10.2. The Morgan fingerprint density at radius 2 is 2.22 bits per heavy atom. The second kappa shape index (κ2) is 5.14. The maximum atomic E-state index is 10.9. The Labute approximate surface area is 109 Å². The average Bonchev–Trinajstić information content (AvgIpc) is 2.76. The minimum absolute atomic E-state index is 0.158. The van der Waals surface area contributed by atoms with Crippen LogP contribution in [0, 0.1) is 6.92 Å². The number of anilines is 1. The summed E-state index contributed by atoms with van der Waals surface area (Å²) in [6.45, 7) is 2.22. The third-order valence-corrected chi connectivity index (χ3v) is 2.85. The van der Waals surface area contributed by atoms with Crippen LogP contribution >= 0.6 is 11.6 Å². The van der Waals surface area contributed by atoms with Crippen molar-refractivity contribution in [2.45, 2.75) is 13.5 Å². The lowest BCUT2D eigenvalue weighted by Gasteiger charge is -2.08. The maximum Gasteiger partial charge on any atom is 0.339 e. The van der Waals surface area contributed by atoms with Crippen LogP contribution in [0.5, 0.6) is 0 Å². The molecule has 0 aliphatic carbocycles. The number of carbonyl (C=O) groups is 1. The number of furan rings is 1. The van der Waals surface area contributed by atoms with Crippen LogP contribution in [0.15, 0.2) is 34.9 Å². The van der Waals surface area contributed by atoms with E-state index in [-0.39, 0.29) is 12.1 Å². The average molecular weight is 266 g/mol. The zero-order chi connectivity index (χ0) is 13.1. The Morgan fingerprint density at radius 1 is 1.44 bits per heavy atom. The van der Waals surface area contributed by atoms with Gasteiger partial charge in [-0.1, -0.05) is 17.7 Å². The molecule has 0 spiro atoms. The number of benzene rings is 1. The highest BCUT2D eigenvalue weighted by molar-refractivity contribution is 6.33. The molecule has 0 saturated carbocycles. The second-order valence-electron chi connectivity index (χ2n) is 3.90. The molecule has 2 aromatic rings. The number of carboxylic acid groups (broad SMARTS) is 1. The summed E-state index contributed by atoms with van der Waals surface area (Å²) in [5.74, 6) is -0.630. The number of aromatic carboxylic acids is 1. The molecule has 0 unspecified atom stereocenters. The van der Waals surface area contributed by atoms with Gasteiger partial charge in [0.25, 0.3) is 0 Å². The summed E-state index contributed by atoms with van der Waals surface area (Å²) in [6, 6.07) is 7.04. The summed E-state index contributed by atoms with van der Waals surface area (Å²) in [4.78, 5) is 10.9. The Balaban J connectivity index is 2.11. The zero-order valence-electron chi connectivity index (χ0n) is 9.74. The maximum absolute atomic E-state index is 10.9. The topological polar surface area (TPSA) is 62.5 Å². The van der Waals surface area contributed by atoms with E-state index >= 15 is 0 Å². The number of rotatable bonds is 4. The summed E-state index contributed by atoms with van der Waals surface area (Å²) in [6.07, 6.45) is 1.36. The minimum Gasteiger partial charge on any atom is -0.478 e. The fourth-order valence-electron chi connectivity index (χ4n) is 1.61. The molecule has 2 N–H and O–H groups in total. The van der Waals surface area contributed by atoms with Crippen molar-refractivity contribution in [2.75, 3.05) is 5.32 Å². The van der Waals surface area contributed by atoms with Crippen LogP contribution in [0.4, 0.5) is 5.69 Å². The van der Waals surface area contributed by atoms with Crippen molar-refractivity contribution in [3.8, 4) is 0 Å². The molecule has 2 rings (SSSR count). The first-order chi connectivity index (χ1) is 8.58. The van der Waals surface area contributed by atoms with Crippen LogP contribution in [0.25, 0.3) is 0 Å². The van der Waals surface area contributed by atoms with Crippen molar-refractivity contribution < 1.29 is 14.3 Å². The number of aryl methyl sites for hydroxylation is 1. The van der Waals surface area contributed by atoms with Crippen LogP contribution in [0.1, 0.15) is 21.7 Å². The van der Waals surface area contributed by atoms with Crippen LogP contribution < -0.4 is 5.32 Å². The van der Waals surface area contributed by atoms with E-state index in [0.29, 0.717) is 10.8 Å². The molecule has 0 aliphatic heterocycles. The lowest BCUT2D eigenvalue weighted by molar-refractivity contribution is 0.0694. The molecular weight excluding hydrogens is 254 g/mol. The van der Waals surface area contributed by atoms with Gasteiger partial charge in [-0.3, -0.25) is 0 Å². The SMILES string of the molecule is Cc1ccc(NCc2occc2C(=O)O)c(Cl)c1. The van der Waals surface area contributed by atoms with E-state index in [9.17, 15) is 4.79 Å². The Bertz CT molecular complexity index is 577. The Kier molecular flexibility index (Phi) is 3.58. The molecule has 1 heterocycles. The normalized spacial score (nSPS) is 10.3. The summed E-state index contributed by atoms with van der Waals surface area (Å²) in [5, 5.41) is 12.6. The van der Waals surface area contributed by atoms with Crippen molar-refractivity contribution in [3.63, 3.8) is 0 Å². The highest BCUT2D eigenvalue weighted by atomic mass is 35.5. The van der Waals surface area contributed by atoms with Crippen LogP contribution in [0.2, 0.25) is 5.02 Å². The van der Waals surface area contributed by atoms with Crippen LogP contribution in [0.3, 0.4) is 0 Å². The molecule has 0 amide bonds. The third-order valence-electron chi connectivity index (χ3n) is 2.54. The molecule has 5 heteroatoms. The molecule has 1 aromatic carbocycles. The summed E-state index contributed by atoms with van der Waals surface area (Å²) < 4.78 is 5.12. The van der Waals surface area contributed by atoms with Crippen molar-refractivity contribution in [3.05, 3.63) is 52.4 Å². The van der Waals surface area contributed by atoms with Gasteiger partial charge in [0.1, 0.15) is 11.3 Å². The van der Waals surface area contributed by atoms with E-state index < -0.39 is 5.97 Å². The van der Waals surface area contributed by atoms with Gasteiger partial charge < -0.3 is 14.8 Å². The number of hydrogen-bond donors (Lipinski definition) is 2. The van der Waals surface area contributed by atoms with Crippen LogP contribution in [-0.4, -0.2) is 11.1 Å². The first kappa shape index (κ1) is 12.5. The molecular formula is C13H12ClNO3. The van der Waals surface area contributed by atoms with Gasteiger partial charge in [-0.25, -0.2) is 4.79 Å². The molecule has 0 atom stereocenters. The monoisotopic (exact) mass is 265 g/mol. The molecule has 18 heavy (non-hydrogen) atoms. The first-order valence-electron chi connectivity index (χ1n) is 5.37. The fraction of sp³-hybridized carbons (Fsp3) is 0.154. The van der Waals surface area contributed by atoms with E-state index in [2.05, 4.69) is 5.32 Å². The largest absolute Gasteiger partial charge is 0.478 e. The summed E-state index contributed by atoms with van der Waals surface area (Å²) in [7, 11) is 0. The van der Waals surface area contributed by atoms with Gasteiger partial charge in [-0.15, -0.1) is 0 Å². The predicted octanol–water partition coefficient (Wildman–Crippen LogP) is 3.55. The zero-order valence-corrected chi connectivity index (χ0v) is 10.5. The van der Waals surface area contributed by atoms with Gasteiger partial charge in [0.05, 0.1) is 23.5 Å². The quantitative estimate of drug-likeness (QED) is 0.887. The van der Waals surface area contributed by atoms with Gasteiger partial charge in [0.15, 0.2) is 0 Å². The van der Waals surface area contributed by atoms with Crippen LogP contribution in [-0.2, 0) is 6.54 Å². The van der Waals surface area contributed by atoms with Gasteiger partial charge >= 0.3 is 5.97 Å². The smallest absolute Gasteiger partial charge is 0.339 e. The fourth-order valence-corrected chi connectivity index (χ4v) is 1.91. The standard InChI is InChI=1S/C13H12ClNO3/c1-8-2-3-11(10(14)6-8)15-7-12-9(13(16)17)4-5-18-12/h2-6,15H,7H2,1H3,(H,16,17). The second-order valence-corrected chi connectivity index (χ2v) is 4.31.